The zero-order valence-corrected chi connectivity index (χ0v) is 17.8. The average molecular weight is 417 g/mol. The van der Waals surface area contributed by atoms with Crippen LogP contribution in [0.3, 0.4) is 0 Å². The molecule has 1 amide bonds. The maximum absolute atomic E-state index is 12.7. The van der Waals surface area contributed by atoms with Crippen LogP contribution in [0, 0.1) is 0 Å². The number of hydrogen-bond acceptors (Lipinski definition) is 5. The normalized spacial score (nSPS) is 11.1. The van der Waals surface area contributed by atoms with Crippen LogP contribution in [0.2, 0.25) is 5.02 Å². The number of aromatic nitrogens is 3. The number of nitrogens with one attached hydrogen (secondary N) is 1. The Morgan fingerprint density at radius 3 is 2.76 bits per heavy atom. The van der Waals surface area contributed by atoms with Gasteiger partial charge >= 0.3 is 0 Å². The summed E-state index contributed by atoms with van der Waals surface area (Å²) in [6.07, 6.45) is 5.27. The van der Waals surface area contributed by atoms with Crippen LogP contribution in [0.25, 0.3) is 11.0 Å². The van der Waals surface area contributed by atoms with Crippen LogP contribution in [0.5, 0.6) is 11.5 Å². The molecule has 29 heavy (non-hydrogen) atoms. The molecule has 0 saturated carbocycles. The number of amides is 1. The first-order valence-electron chi connectivity index (χ1n) is 9.59. The zero-order valence-electron chi connectivity index (χ0n) is 17.0. The standard InChI is InChI=1S/C21H25ClN4O3/c1-5-6-7-29-19-17(22)9-14(10-18(19)28-4)21(27)25-16-8-15-11-24-26(13(2)3)20(15)23-12-16/h8-13H,5-7H2,1-4H3,(H,25,27). The smallest absolute Gasteiger partial charge is 0.255 e. The monoisotopic (exact) mass is 416 g/mol. The lowest BCUT2D eigenvalue weighted by molar-refractivity contribution is 0.102. The molecule has 0 aliphatic rings. The molecule has 1 aromatic carbocycles. The van der Waals surface area contributed by atoms with Crippen LogP contribution >= 0.6 is 11.6 Å². The number of unbranched alkanes of at least 4 members (excludes halogenated alkanes) is 1. The van der Waals surface area contributed by atoms with Gasteiger partial charge in [-0.05, 0) is 38.5 Å². The molecule has 2 heterocycles. The highest BCUT2D eigenvalue weighted by molar-refractivity contribution is 6.32. The summed E-state index contributed by atoms with van der Waals surface area (Å²) in [5.41, 5.74) is 1.72. The molecule has 3 rings (SSSR count). The molecule has 0 unspecified atom stereocenters. The van der Waals surface area contributed by atoms with Crippen molar-refractivity contribution in [3.8, 4) is 11.5 Å². The first kappa shape index (κ1) is 20.9. The molecule has 154 valence electrons. The van der Waals surface area contributed by atoms with Crippen LogP contribution in [0.4, 0.5) is 5.69 Å². The van der Waals surface area contributed by atoms with Gasteiger partial charge in [-0.15, -0.1) is 0 Å². The quantitative estimate of drug-likeness (QED) is 0.516. The first-order chi connectivity index (χ1) is 13.9. The molecule has 0 saturated heterocycles. The predicted octanol–water partition coefficient (Wildman–Crippen LogP) is 5.11. The van der Waals surface area contributed by atoms with Crippen molar-refractivity contribution in [1.82, 2.24) is 14.8 Å². The van der Waals surface area contributed by atoms with Gasteiger partial charge < -0.3 is 14.8 Å². The summed E-state index contributed by atoms with van der Waals surface area (Å²) in [6.45, 7) is 6.69. The minimum absolute atomic E-state index is 0.202. The fourth-order valence-electron chi connectivity index (χ4n) is 2.90. The van der Waals surface area contributed by atoms with Crippen molar-refractivity contribution in [3.63, 3.8) is 0 Å². The Kier molecular flexibility index (Phi) is 6.59. The Morgan fingerprint density at radius 1 is 1.28 bits per heavy atom. The summed E-state index contributed by atoms with van der Waals surface area (Å²) in [5, 5.41) is 8.37. The summed E-state index contributed by atoms with van der Waals surface area (Å²) in [5.74, 6) is 0.552. The number of carbonyl (C=O) groups is 1. The van der Waals surface area contributed by atoms with Crippen molar-refractivity contribution in [3.05, 3.63) is 41.2 Å². The van der Waals surface area contributed by atoms with Crippen molar-refractivity contribution in [1.29, 1.82) is 0 Å². The third-order valence-corrected chi connectivity index (χ3v) is 4.70. The maximum Gasteiger partial charge on any atom is 0.255 e. The second-order valence-electron chi connectivity index (χ2n) is 6.97. The predicted molar refractivity (Wildman–Crippen MR) is 114 cm³/mol. The second kappa shape index (κ2) is 9.13. The zero-order chi connectivity index (χ0) is 21.0. The van der Waals surface area contributed by atoms with E-state index < -0.39 is 0 Å². The molecule has 0 fully saturated rings. The highest BCUT2D eigenvalue weighted by atomic mass is 35.5. The van der Waals surface area contributed by atoms with Crippen molar-refractivity contribution < 1.29 is 14.3 Å². The van der Waals surface area contributed by atoms with Gasteiger partial charge in [-0.3, -0.25) is 4.79 Å². The molecular formula is C21H25ClN4O3. The van der Waals surface area contributed by atoms with E-state index >= 15 is 0 Å². The van der Waals surface area contributed by atoms with E-state index in [1.807, 2.05) is 24.6 Å². The Hall–Kier alpha value is -2.80. The van der Waals surface area contributed by atoms with Crippen molar-refractivity contribution in [2.75, 3.05) is 19.0 Å². The van der Waals surface area contributed by atoms with Crippen LogP contribution in [0.15, 0.2) is 30.6 Å². The molecule has 0 radical (unpaired) electrons. The van der Waals surface area contributed by atoms with Gasteiger partial charge in [0, 0.05) is 17.0 Å². The lowest BCUT2D eigenvalue weighted by Gasteiger charge is -2.14. The number of carbonyl (C=O) groups excluding carboxylic acids is 1. The minimum Gasteiger partial charge on any atom is -0.493 e. The summed E-state index contributed by atoms with van der Waals surface area (Å²) in [4.78, 5) is 17.2. The van der Waals surface area contributed by atoms with Gasteiger partial charge in [0.25, 0.3) is 5.91 Å². The molecule has 7 nitrogen and oxygen atoms in total. The van der Waals surface area contributed by atoms with Crippen molar-refractivity contribution >= 4 is 34.2 Å². The average Bonchev–Trinajstić information content (AvgIpc) is 3.12. The van der Waals surface area contributed by atoms with Gasteiger partial charge in [-0.1, -0.05) is 24.9 Å². The topological polar surface area (TPSA) is 78.3 Å². The molecule has 8 heteroatoms. The Morgan fingerprint density at radius 2 is 2.07 bits per heavy atom. The Balaban J connectivity index is 1.81. The van der Waals surface area contributed by atoms with Gasteiger partial charge in [0.05, 0.1) is 36.8 Å². The molecule has 0 atom stereocenters. The SMILES string of the molecule is CCCCOc1c(Cl)cc(C(=O)Nc2cnc3c(cnn3C(C)C)c2)cc1OC. The third kappa shape index (κ3) is 4.62. The highest BCUT2D eigenvalue weighted by Gasteiger charge is 2.17. The number of benzene rings is 1. The largest absolute Gasteiger partial charge is 0.493 e. The van der Waals surface area contributed by atoms with Crippen LogP contribution in [0.1, 0.15) is 50.0 Å². The fourth-order valence-corrected chi connectivity index (χ4v) is 3.16. The fraction of sp³-hybridized carbons (Fsp3) is 0.381. The minimum atomic E-state index is -0.317. The van der Waals surface area contributed by atoms with Gasteiger partial charge in [0.15, 0.2) is 17.1 Å². The van der Waals surface area contributed by atoms with Crippen LogP contribution < -0.4 is 14.8 Å². The Labute approximate surface area is 175 Å². The Bertz CT molecular complexity index is 1020. The molecule has 0 bridgehead atoms. The van der Waals surface area contributed by atoms with Crippen molar-refractivity contribution in [2.45, 2.75) is 39.7 Å². The van der Waals surface area contributed by atoms with Crippen LogP contribution in [-0.4, -0.2) is 34.4 Å². The third-order valence-electron chi connectivity index (χ3n) is 4.42. The number of rotatable bonds is 8. The number of hydrogen-bond donors (Lipinski definition) is 1. The summed E-state index contributed by atoms with van der Waals surface area (Å²) < 4.78 is 12.9. The lowest BCUT2D eigenvalue weighted by Crippen LogP contribution is -2.13. The van der Waals surface area contributed by atoms with E-state index in [-0.39, 0.29) is 11.9 Å². The van der Waals surface area contributed by atoms with E-state index in [9.17, 15) is 4.79 Å². The van der Waals surface area contributed by atoms with Gasteiger partial charge in [0.2, 0.25) is 0 Å². The van der Waals surface area contributed by atoms with E-state index in [2.05, 4.69) is 22.3 Å². The van der Waals surface area contributed by atoms with E-state index in [4.69, 9.17) is 21.1 Å². The number of methoxy groups -OCH3 is 1. The van der Waals surface area contributed by atoms with E-state index in [0.717, 1.165) is 23.9 Å². The number of fused-ring (bicyclic) bond motifs is 1. The maximum atomic E-state index is 12.7. The summed E-state index contributed by atoms with van der Waals surface area (Å²) >= 11 is 6.34. The number of ether oxygens (including phenoxy) is 2. The van der Waals surface area contributed by atoms with E-state index in [0.29, 0.717) is 34.4 Å². The summed E-state index contributed by atoms with van der Waals surface area (Å²) in [6, 6.07) is 5.23. The number of nitrogens with zero attached hydrogens (tertiary/aromatic N) is 3. The number of halogens is 1. The number of anilines is 1. The van der Waals surface area contributed by atoms with Gasteiger partial charge in [-0.2, -0.15) is 5.10 Å². The second-order valence-corrected chi connectivity index (χ2v) is 7.37. The molecule has 3 aromatic rings. The lowest BCUT2D eigenvalue weighted by atomic mass is 10.1. The highest BCUT2D eigenvalue weighted by Crippen LogP contribution is 2.36. The van der Waals surface area contributed by atoms with E-state index in [1.54, 1.807) is 24.5 Å². The van der Waals surface area contributed by atoms with Crippen LogP contribution in [-0.2, 0) is 0 Å². The van der Waals surface area contributed by atoms with Gasteiger partial charge in [-0.25, -0.2) is 9.67 Å². The molecular weight excluding hydrogens is 392 g/mol. The first-order valence-corrected chi connectivity index (χ1v) is 9.97. The number of pyridine rings is 1. The molecule has 1 N–H and O–H groups in total. The summed E-state index contributed by atoms with van der Waals surface area (Å²) in [7, 11) is 1.52. The molecule has 2 aromatic heterocycles. The van der Waals surface area contributed by atoms with E-state index in [1.165, 1.54) is 7.11 Å². The molecule has 0 aliphatic carbocycles. The molecule has 0 aliphatic heterocycles. The molecule has 0 spiro atoms. The van der Waals surface area contributed by atoms with Gasteiger partial charge in [0.1, 0.15) is 0 Å². The van der Waals surface area contributed by atoms with Crippen molar-refractivity contribution in [2.24, 2.45) is 0 Å².